The van der Waals surface area contributed by atoms with Gasteiger partial charge in [0, 0.05) is 88.5 Å². The first kappa shape index (κ1) is 105. The zero-order valence-corrected chi connectivity index (χ0v) is 82.4. The number of nitrogens with one attached hydrogen (secondary N) is 7. The number of fused-ring (bicyclic) bond motifs is 5. The number of hydrogen-bond donors (Lipinski definition) is 12. The SMILES string of the molecule is CC(=O)Nc1ccc(CN2CC(C(=O)N[C@H]3CCCC[C@@H]3O)Oc3ccccc32)cn1.Cc1ccc(CN2CC(C(=O)N[C@H]3CCCC[C@@H]3O)Oc3ccccc32)cn1.N#Cc1ccc(CN2CC(C(=O)N[C@H]3CCCC[C@@H]3O)Oc3ccccc32)cn1.O=C(N[C@H]1CCCC[C@@H]1O)C1CN(Cc2ccc(=O)[nH]c2)c2ccccc2O1.O=C(N[C@H]1CCCC[C@@H]1O)C1CN(Cc2ccn(C(F)F)c(=O)c2)c2ccccc2O1. The molecule has 5 fully saturated rings. The molecule has 6 amide bonds. The Labute approximate surface area is 851 Å². The highest BCUT2D eigenvalue weighted by molar-refractivity contribution is 5.89. The highest BCUT2D eigenvalue weighted by Gasteiger charge is 2.41. The Bertz CT molecular complexity index is 6280. The number of aryl methyl sites for hydroxylation is 1. The molecule has 0 bridgehead atoms. The van der Waals surface area contributed by atoms with Gasteiger partial charge in [0.05, 0.1) is 122 Å². The van der Waals surface area contributed by atoms with Crippen molar-refractivity contribution >= 4 is 69.7 Å². The fraction of sp³-hybridized carbons (Fsp3) is 0.436. The van der Waals surface area contributed by atoms with Crippen LogP contribution in [0.2, 0.25) is 0 Å². The van der Waals surface area contributed by atoms with E-state index in [0.717, 1.165) is 178 Å². The number of rotatable bonds is 22. The van der Waals surface area contributed by atoms with E-state index >= 15 is 0 Å². The molecular weight excluding hydrogens is 1890 g/mol. The molecule has 5 aromatic heterocycles. The van der Waals surface area contributed by atoms with Gasteiger partial charge in [-0.05, 0) is 184 Å². The van der Waals surface area contributed by atoms with Crippen LogP contribution in [0.4, 0.5) is 43.0 Å². The lowest BCUT2D eigenvalue weighted by Crippen LogP contribution is -2.54. The minimum absolute atomic E-state index is 0.144. The summed E-state index contributed by atoms with van der Waals surface area (Å²) in [6, 6.07) is 56.0. The van der Waals surface area contributed by atoms with Crippen molar-refractivity contribution in [3.05, 3.63) is 273 Å². The molecule has 147 heavy (non-hydrogen) atoms. The third-order valence-corrected chi connectivity index (χ3v) is 28.0. The largest absolute Gasteiger partial charge is 0.477 e. The van der Waals surface area contributed by atoms with Crippen LogP contribution in [0.1, 0.15) is 181 Å². The summed E-state index contributed by atoms with van der Waals surface area (Å²) >= 11 is 0. The van der Waals surface area contributed by atoms with E-state index in [1.165, 1.54) is 25.1 Å². The van der Waals surface area contributed by atoms with Gasteiger partial charge in [0.2, 0.25) is 11.5 Å². The van der Waals surface area contributed by atoms with E-state index in [2.05, 4.69) is 77.5 Å². The van der Waals surface area contributed by atoms with E-state index in [4.69, 9.17) is 28.9 Å². The molecule has 0 saturated heterocycles. The fourth-order valence-corrected chi connectivity index (χ4v) is 20.1. The van der Waals surface area contributed by atoms with Crippen LogP contribution in [0.15, 0.2) is 223 Å². The van der Waals surface area contributed by atoms with Gasteiger partial charge >= 0.3 is 6.55 Å². The second-order valence-corrected chi connectivity index (χ2v) is 38.9. The summed E-state index contributed by atoms with van der Waals surface area (Å²) in [5.41, 5.74) is 9.38. The topological polar surface area (TPSA) is 455 Å². The Balaban J connectivity index is 0.000000131. The number of carbonyl (C=O) groups excluding carboxylic acids is 6. The number of amides is 6. The van der Waals surface area contributed by atoms with Crippen LogP contribution in [0.3, 0.4) is 0 Å². The summed E-state index contributed by atoms with van der Waals surface area (Å²) in [6.07, 6.45) is 19.5. The van der Waals surface area contributed by atoms with Gasteiger partial charge in [-0.2, -0.15) is 14.0 Å². The number of H-pyrrole nitrogens is 1. The zero-order chi connectivity index (χ0) is 103. The monoisotopic (exact) mass is 2010 g/mol. The summed E-state index contributed by atoms with van der Waals surface area (Å²) in [6.45, 7) is 4.93. The maximum absolute atomic E-state index is 12.9. The van der Waals surface area contributed by atoms with E-state index in [-0.39, 0.29) is 84.3 Å². The van der Waals surface area contributed by atoms with Crippen LogP contribution in [-0.4, -0.2) is 209 Å². The van der Waals surface area contributed by atoms with E-state index in [1.807, 2.05) is 151 Å². The molecule has 5 unspecified atom stereocenters. The Kier molecular flexibility index (Phi) is 36.1. The smallest absolute Gasteiger partial charge is 0.321 e. The number of aliphatic hydroxyl groups is 5. The van der Waals surface area contributed by atoms with Gasteiger partial charge in [0.15, 0.2) is 30.5 Å². The van der Waals surface area contributed by atoms with Crippen LogP contribution in [0.5, 0.6) is 28.7 Å². The number of aliphatic hydroxyl groups excluding tert-OH is 5. The Morgan fingerprint density at radius 2 is 0.687 bits per heavy atom. The summed E-state index contributed by atoms with van der Waals surface area (Å²) in [4.78, 5) is 125. The van der Waals surface area contributed by atoms with Crippen molar-refractivity contribution in [1.29, 1.82) is 5.26 Å². The summed E-state index contributed by atoms with van der Waals surface area (Å²) in [5.74, 6) is 2.46. The standard InChI is InChI=1S/C23H28N4O4.C22H25F2N3O4.C22H24N4O3.C22H27N3O3.C21H25N3O4/c1-15(28)25-22-11-10-16(12-24-22)13-27-14-21(31-20-9-5-3-7-18(20)27)23(30)26-17-6-2-4-8-19(17)29;23-22(24)27-10-9-14(11-20(27)29)12-26-13-19(31-18-8-4-2-6-16(18)26)21(30)25-15-5-1-3-7-17(15)28;23-11-16-10-9-15(12-24-16)13-26-14-21(29-20-8-4-2-6-18(20)26)22(28)25-17-5-1-3-7-19(17)27;1-15-10-11-16(12-23-15)13-25-14-21(28-20-9-5-3-7-18(20)25)22(27)24-17-6-2-4-8-19(17)26;25-17-7-3-1-5-15(17)23-21(27)19-13-24(12-14-9-10-20(26)22-11-14)16-6-2-4-8-18(16)28-19/h3,5,7,9-12,17,19,21,29H,2,4,6,8,13-14H2,1H3,(H,26,30)(H,24,25,28);2,4,6,8-11,15,17,19,22,28H,1,3,5,7,12-13H2,(H,25,30);2,4,6,8-10,12,17,19,21,27H,1,3,5,7,13-14H2,(H,25,28);3,5,7,9-12,17,19,21,26H,2,4,6,8,13-14H2,1H3,(H,24,27);2,4,6,8-11,15,17,19,25H,1,3,5,7,12-13H2,(H,22,26)(H,23,27)/t17-,19-,21?;15-,17-,19?;2*17-,19-,21?;15-,17-,19?/m00000/s1. The van der Waals surface area contributed by atoms with Crippen molar-refractivity contribution in [3.8, 4) is 34.8 Å². The second-order valence-electron chi connectivity index (χ2n) is 38.9. The number of para-hydroxylation sites is 10. The lowest BCUT2D eigenvalue weighted by atomic mass is 9.92. The zero-order valence-electron chi connectivity index (χ0n) is 82.4. The molecule has 5 aliphatic carbocycles. The quantitative estimate of drug-likeness (QED) is 0.0300. The van der Waals surface area contributed by atoms with E-state index < -0.39 is 73.1 Å². The van der Waals surface area contributed by atoms with E-state index in [1.54, 1.807) is 48.9 Å². The molecule has 35 nitrogen and oxygen atoms in total. The average Bonchev–Trinajstić information content (AvgIpc) is 0.803. The number of anilines is 6. The van der Waals surface area contributed by atoms with Gasteiger partial charge in [-0.25, -0.2) is 9.97 Å². The van der Waals surface area contributed by atoms with E-state index in [0.29, 0.717) is 116 Å². The third kappa shape index (κ3) is 28.4. The molecule has 15 atom stereocenters. The van der Waals surface area contributed by atoms with Crippen LogP contribution < -0.4 is 91.2 Å². The molecule has 10 aromatic rings. The average molecular weight is 2020 g/mol. The molecule has 12 N–H and O–H groups in total. The molecule has 5 aromatic carbocycles. The third-order valence-electron chi connectivity index (χ3n) is 28.0. The molecule has 20 rings (SSSR count). The van der Waals surface area contributed by atoms with Gasteiger partial charge in [-0.1, -0.05) is 149 Å². The van der Waals surface area contributed by atoms with Crippen molar-refractivity contribution in [2.75, 3.05) is 62.5 Å². The number of aromatic nitrogens is 5. The predicted octanol–water partition coefficient (Wildman–Crippen LogP) is 10.9. The van der Waals surface area contributed by atoms with Crippen LogP contribution in [-0.2, 0) is 61.5 Å². The van der Waals surface area contributed by atoms with Crippen molar-refractivity contribution < 1.29 is 86.8 Å². The molecule has 37 heteroatoms. The van der Waals surface area contributed by atoms with Crippen LogP contribution >= 0.6 is 0 Å². The number of nitrogens with zero attached hydrogens (tertiary/aromatic N) is 10. The van der Waals surface area contributed by atoms with Crippen molar-refractivity contribution in [2.24, 2.45) is 0 Å². The van der Waals surface area contributed by atoms with Crippen LogP contribution in [0, 0.1) is 18.3 Å². The van der Waals surface area contributed by atoms with E-state index in [9.17, 15) is 72.7 Å². The lowest BCUT2D eigenvalue weighted by Gasteiger charge is -2.37. The number of pyridine rings is 5. The molecule has 0 spiro atoms. The maximum atomic E-state index is 12.9. The van der Waals surface area contributed by atoms with Gasteiger partial charge in [-0.15, -0.1) is 0 Å². The van der Waals surface area contributed by atoms with Crippen molar-refractivity contribution in [3.63, 3.8) is 0 Å². The number of hydrogen-bond acceptors (Lipinski definition) is 27. The maximum Gasteiger partial charge on any atom is 0.321 e. The molecule has 10 aliphatic rings. The highest BCUT2D eigenvalue weighted by Crippen LogP contribution is 2.41. The number of benzene rings is 5. The van der Waals surface area contributed by atoms with Gasteiger partial charge in [0.25, 0.3) is 35.1 Å². The van der Waals surface area contributed by atoms with Gasteiger partial charge in [0.1, 0.15) is 46.3 Å². The second kappa shape index (κ2) is 50.5. The normalized spacial score (nSPS) is 23.5. The van der Waals surface area contributed by atoms with Gasteiger partial charge < -0.3 is 111 Å². The first-order valence-corrected chi connectivity index (χ1v) is 50.9. The number of halogens is 2. The molecule has 5 aliphatic heterocycles. The molecule has 10 heterocycles. The number of aromatic amines is 1. The fourth-order valence-electron chi connectivity index (χ4n) is 20.1. The minimum atomic E-state index is -2.89. The first-order valence-electron chi connectivity index (χ1n) is 50.9. The summed E-state index contributed by atoms with van der Waals surface area (Å²) < 4.78 is 55.9. The first-order chi connectivity index (χ1) is 71.2. The Morgan fingerprint density at radius 1 is 0.388 bits per heavy atom. The number of carbonyl (C=O) groups is 6. The predicted molar refractivity (Wildman–Crippen MR) is 547 cm³/mol. The Hall–Kier alpha value is -14.6. The Morgan fingerprint density at radius 3 is 0.959 bits per heavy atom. The van der Waals surface area contributed by atoms with Crippen LogP contribution in [0.25, 0.3) is 0 Å². The summed E-state index contributed by atoms with van der Waals surface area (Å²) in [7, 11) is 0. The lowest BCUT2D eigenvalue weighted by molar-refractivity contribution is -0.130. The molecule has 5 saturated carbocycles. The van der Waals surface area contributed by atoms with Crippen molar-refractivity contribution in [1.82, 2.24) is 51.1 Å². The highest BCUT2D eigenvalue weighted by atomic mass is 19.3. The minimum Gasteiger partial charge on any atom is -0.477 e. The molecular formula is C110H129F2N17O18. The number of ether oxygens (including phenoxy) is 5. The summed E-state index contributed by atoms with van der Waals surface area (Å²) in [5, 5.41) is 77.3. The molecule has 776 valence electrons. The number of alkyl halides is 2. The van der Waals surface area contributed by atoms with Gasteiger partial charge in [-0.3, -0.25) is 47.9 Å². The number of nitriles is 1. The molecule has 0 radical (unpaired) electrons. The van der Waals surface area contributed by atoms with Crippen molar-refractivity contribution in [2.45, 2.75) is 273 Å².